The molecule has 10 heteroatoms. The molecule has 0 spiro atoms. The maximum Gasteiger partial charge on any atom is 0.340 e. The zero-order valence-electron chi connectivity index (χ0n) is 16.6. The largest absolute Gasteiger partial charge is 0.457 e. The second-order valence-corrected chi connectivity index (χ2v) is 9.40. The number of anilines is 1. The van der Waals surface area contributed by atoms with Crippen LogP contribution in [0.3, 0.4) is 0 Å². The molecule has 2 aromatic rings. The Balaban J connectivity index is 1.95. The van der Waals surface area contributed by atoms with Crippen molar-refractivity contribution in [2.45, 2.75) is 11.5 Å². The maximum absolute atomic E-state index is 14.0. The van der Waals surface area contributed by atoms with Gasteiger partial charge in [0.15, 0.2) is 0 Å². The van der Waals surface area contributed by atoms with Gasteiger partial charge < -0.3 is 14.4 Å². The molecular weight excluding hydrogens is 435 g/mol. The number of benzene rings is 2. The average molecular weight is 457 g/mol. The van der Waals surface area contributed by atoms with Crippen LogP contribution in [0, 0.1) is 5.82 Å². The molecule has 1 aliphatic rings. The summed E-state index contributed by atoms with van der Waals surface area (Å²) in [6.45, 7) is 1.67. The van der Waals surface area contributed by atoms with Crippen molar-refractivity contribution in [3.63, 3.8) is 0 Å². The highest BCUT2D eigenvalue weighted by molar-refractivity contribution is 7.89. The van der Waals surface area contributed by atoms with E-state index in [1.165, 1.54) is 44.4 Å². The van der Waals surface area contributed by atoms with E-state index >= 15 is 0 Å². The van der Waals surface area contributed by atoms with Gasteiger partial charge in [-0.3, -0.25) is 0 Å². The molecule has 0 atom stereocenters. The van der Waals surface area contributed by atoms with Gasteiger partial charge in [0.25, 0.3) is 0 Å². The van der Waals surface area contributed by atoms with Crippen LogP contribution in [0.5, 0.6) is 0 Å². The van der Waals surface area contributed by atoms with E-state index in [2.05, 4.69) is 0 Å². The first kappa shape index (κ1) is 22.5. The van der Waals surface area contributed by atoms with Crippen LogP contribution in [0.25, 0.3) is 0 Å². The Labute approximate surface area is 180 Å². The number of hydrogen-bond donors (Lipinski definition) is 0. The Bertz CT molecular complexity index is 1020. The monoisotopic (exact) mass is 456 g/mol. The molecule has 162 valence electrons. The Morgan fingerprint density at radius 2 is 1.93 bits per heavy atom. The van der Waals surface area contributed by atoms with E-state index in [4.69, 9.17) is 21.1 Å². The molecule has 0 aliphatic carbocycles. The molecule has 2 aromatic carbocycles. The van der Waals surface area contributed by atoms with Crippen LogP contribution in [-0.4, -0.2) is 59.1 Å². The van der Waals surface area contributed by atoms with Crippen LogP contribution in [0.15, 0.2) is 41.3 Å². The topological polar surface area (TPSA) is 76.2 Å². The lowest BCUT2D eigenvalue weighted by molar-refractivity contribution is 0.0468. The molecule has 0 bridgehead atoms. The Morgan fingerprint density at radius 3 is 2.57 bits per heavy atom. The summed E-state index contributed by atoms with van der Waals surface area (Å²) in [5.41, 5.74) is 0.658. The van der Waals surface area contributed by atoms with Gasteiger partial charge in [-0.2, -0.15) is 0 Å². The minimum Gasteiger partial charge on any atom is -0.457 e. The summed E-state index contributed by atoms with van der Waals surface area (Å²) < 4.78 is 50.8. The Kier molecular flexibility index (Phi) is 6.97. The van der Waals surface area contributed by atoms with Gasteiger partial charge in [0.2, 0.25) is 10.0 Å². The number of halogens is 2. The van der Waals surface area contributed by atoms with Gasteiger partial charge in [0.05, 0.1) is 34.4 Å². The lowest BCUT2D eigenvalue weighted by Gasteiger charge is -2.30. The Morgan fingerprint density at radius 1 is 1.23 bits per heavy atom. The predicted octanol–water partition coefficient (Wildman–Crippen LogP) is 2.92. The van der Waals surface area contributed by atoms with Crippen LogP contribution < -0.4 is 4.90 Å². The molecule has 0 N–H and O–H groups in total. The molecule has 3 rings (SSSR count). The van der Waals surface area contributed by atoms with Crippen LogP contribution in [0.1, 0.15) is 15.9 Å². The summed E-state index contributed by atoms with van der Waals surface area (Å²) in [6, 6.07) is 8.48. The summed E-state index contributed by atoms with van der Waals surface area (Å²) in [6.07, 6.45) is 0. The van der Waals surface area contributed by atoms with Crippen LogP contribution in [0.4, 0.5) is 10.1 Å². The molecular formula is C20H22ClFN2O5S. The lowest BCUT2D eigenvalue weighted by atomic mass is 10.1. The molecule has 7 nitrogen and oxygen atoms in total. The fourth-order valence-corrected chi connectivity index (χ4v) is 4.16. The fourth-order valence-electron chi connectivity index (χ4n) is 3.02. The van der Waals surface area contributed by atoms with Gasteiger partial charge in [-0.25, -0.2) is 21.9 Å². The zero-order valence-corrected chi connectivity index (χ0v) is 18.2. The van der Waals surface area contributed by atoms with Gasteiger partial charge in [-0.05, 0) is 30.3 Å². The van der Waals surface area contributed by atoms with Crippen molar-refractivity contribution in [1.82, 2.24) is 4.31 Å². The number of rotatable bonds is 6. The van der Waals surface area contributed by atoms with E-state index in [9.17, 15) is 17.6 Å². The van der Waals surface area contributed by atoms with E-state index in [1.807, 2.05) is 4.90 Å². The minimum atomic E-state index is -3.76. The van der Waals surface area contributed by atoms with E-state index in [1.54, 1.807) is 6.07 Å². The van der Waals surface area contributed by atoms with Crippen molar-refractivity contribution in [1.29, 1.82) is 0 Å². The van der Waals surface area contributed by atoms with Gasteiger partial charge in [-0.1, -0.05) is 17.7 Å². The summed E-state index contributed by atoms with van der Waals surface area (Å²) in [5.74, 6) is -1.36. The van der Waals surface area contributed by atoms with E-state index in [-0.39, 0.29) is 27.7 Å². The van der Waals surface area contributed by atoms with Crippen LogP contribution in [0.2, 0.25) is 5.02 Å². The Hall–Kier alpha value is -2.20. The highest BCUT2D eigenvalue weighted by Gasteiger charge is 2.25. The van der Waals surface area contributed by atoms with E-state index < -0.39 is 21.8 Å². The molecule has 0 unspecified atom stereocenters. The second-order valence-electron chi connectivity index (χ2n) is 6.84. The van der Waals surface area contributed by atoms with E-state index in [0.717, 1.165) is 4.31 Å². The number of sulfonamides is 1. The SMILES string of the molecule is CN(C)S(=O)(=O)c1ccc(N2CCOCC2)c(C(=O)OCc2c(F)cccc2Cl)c1. The second kappa shape index (κ2) is 9.30. The van der Waals surface area contributed by atoms with Gasteiger partial charge >= 0.3 is 5.97 Å². The third kappa shape index (κ3) is 4.75. The highest BCUT2D eigenvalue weighted by atomic mass is 35.5. The molecule has 0 amide bonds. The number of carbonyl (C=O) groups is 1. The zero-order chi connectivity index (χ0) is 21.9. The quantitative estimate of drug-likeness (QED) is 0.622. The number of ether oxygens (including phenoxy) is 2. The standard InChI is InChI=1S/C20H22ClFN2O5S/c1-23(2)30(26,27)14-6-7-19(24-8-10-28-11-9-24)15(12-14)20(25)29-13-16-17(21)4-3-5-18(16)22/h3-7,12H,8-11,13H2,1-2H3. The number of nitrogens with zero attached hydrogens (tertiary/aromatic N) is 2. The smallest absolute Gasteiger partial charge is 0.340 e. The summed E-state index contributed by atoms with van der Waals surface area (Å²) in [4.78, 5) is 14.8. The first-order valence-electron chi connectivity index (χ1n) is 9.21. The molecule has 30 heavy (non-hydrogen) atoms. The molecule has 1 aliphatic heterocycles. The molecule has 1 heterocycles. The van der Waals surface area contributed by atoms with Crippen molar-refractivity contribution in [2.24, 2.45) is 0 Å². The summed E-state index contributed by atoms with van der Waals surface area (Å²) in [7, 11) is -0.947. The fraction of sp³-hybridized carbons (Fsp3) is 0.350. The third-order valence-electron chi connectivity index (χ3n) is 4.73. The maximum atomic E-state index is 14.0. The molecule has 0 saturated carbocycles. The number of morpholine rings is 1. The van der Waals surface area contributed by atoms with Crippen LogP contribution in [-0.2, 0) is 26.1 Å². The van der Waals surface area contributed by atoms with Crippen molar-refractivity contribution < 1.29 is 27.1 Å². The molecule has 0 aromatic heterocycles. The molecule has 0 radical (unpaired) electrons. The average Bonchev–Trinajstić information content (AvgIpc) is 2.73. The highest BCUT2D eigenvalue weighted by Crippen LogP contribution is 2.28. The minimum absolute atomic E-state index is 0.0413. The van der Waals surface area contributed by atoms with Crippen molar-refractivity contribution in [2.75, 3.05) is 45.3 Å². The third-order valence-corrected chi connectivity index (χ3v) is 6.89. The molecule has 1 fully saturated rings. The first-order valence-corrected chi connectivity index (χ1v) is 11.0. The number of hydrogen-bond acceptors (Lipinski definition) is 6. The van der Waals surface area contributed by atoms with Gasteiger partial charge in [-0.15, -0.1) is 0 Å². The van der Waals surface area contributed by atoms with E-state index in [0.29, 0.717) is 32.0 Å². The number of carbonyl (C=O) groups excluding carboxylic acids is 1. The van der Waals surface area contributed by atoms with Crippen molar-refractivity contribution >= 4 is 33.3 Å². The van der Waals surface area contributed by atoms with Gasteiger partial charge in [0, 0.05) is 32.7 Å². The van der Waals surface area contributed by atoms with Crippen molar-refractivity contribution in [3.8, 4) is 0 Å². The van der Waals surface area contributed by atoms with Crippen LogP contribution >= 0.6 is 11.6 Å². The molecule has 1 saturated heterocycles. The normalized spacial score (nSPS) is 14.8. The first-order chi connectivity index (χ1) is 14.2. The lowest BCUT2D eigenvalue weighted by Crippen LogP contribution is -2.37. The summed E-state index contributed by atoms with van der Waals surface area (Å²) in [5, 5.41) is 0.139. The van der Waals surface area contributed by atoms with Crippen molar-refractivity contribution in [3.05, 3.63) is 58.4 Å². The van der Waals surface area contributed by atoms with Gasteiger partial charge in [0.1, 0.15) is 12.4 Å². The number of esters is 1. The predicted molar refractivity (Wildman–Crippen MR) is 111 cm³/mol. The summed E-state index contributed by atoms with van der Waals surface area (Å²) >= 11 is 5.99.